The quantitative estimate of drug-likeness (QED) is 0.156. The SMILES string of the molecule is c1cc(-c2ccc(N(c3ccc(-c4ccc5c(c4)oc4c6ccccc6ccc54)cc3)c3ccc4c(ccc5ccccc54)c3)cc2)cc(-n2c3ccccc3c3ccccc32)c1. The minimum absolute atomic E-state index is 0.897. The van der Waals surface area contributed by atoms with Crippen molar-refractivity contribution in [3.8, 4) is 27.9 Å². The highest BCUT2D eigenvalue weighted by Crippen LogP contribution is 2.41. The Balaban J connectivity index is 0.890. The van der Waals surface area contributed by atoms with Crippen molar-refractivity contribution in [1.29, 1.82) is 0 Å². The molecule has 11 aromatic carbocycles. The standard InChI is InChI=1S/C60H38N2O/c1-3-14-50-41(10-1)20-21-45-37-49(32-35-51(45)50)61(47-30-24-40(25-31-47)44-27-33-55-56-34-26-42-11-2-4-15-52(42)60(56)63-59(55)38-44)46-28-22-39(23-29-46)43-12-9-13-48(36-43)62-57-18-7-5-16-53(57)54-17-6-8-19-58(54)62/h1-38H. The number of rotatable bonds is 6. The lowest BCUT2D eigenvalue weighted by atomic mass is 10.00. The molecule has 0 radical (unpaired) electrons. The Labute approximate surface area is 363 Å². The van der Waals surface area contributed by atoms with Gasteiger partial charge in [-0.05, 0) is 128 Å². The van der Waals surface area contributed by atoms with Gasteiger partial charge in [-0.15, -0.1) is 0 Å². The fourth-order valence-corrected chi connectivity index (χ4v) is 9.90. The zero-order valence-corrected chi connectivity index (χ0v) is 34.2. The molecule has 3 nitrogen and oxygen atoms in total. The zero-order chi connectivity index (χ0) is 41.4. The average Bonchev–Trinajstić information content (AvgIpc) is 3.90. The van der Waals surface area contributed by atoms with E-state index in [1.165, 1.54) is 54.3 Å². The average molecular weight is 803 g/mol. The predicted molar refractivity (Wildman–Crippen MR) is 266 cm³/mol. The van der Waals surface area contributed by atoms with Gasteiger partial charge in [0.15, 0.2) is 0 Å². The fraction of sp³-hybridized carbons (Fsp3) is 0. The normalized spacial score (nSPS) is 11.8. The van der Waals surface area contributed by atoms with E-state index in [-0.39, 0.29) is 0 Å². The molecule has 0 atom stereocenters. The third-order valence-corrected chi connectivity index (χ3v) is 13.0. The maximum absolute atomic E-state index is 6.56. The van der Waals surface area contributed by atoms with Gasteiger partial charge in [-0.2, -0.15) is 0 Å². The van der Waals surface area contributed by atoms with Gasteiger partial charge in [-0.3, -0.25) is 0 Å². The van der Waals surface area contributed by atoms with E-state index in [1.54, 1.807) is 0 Å². The van der Waals surface area contributed by atoms with Gasteiger partial charge in [-0.25, -0.2) is 0 Å². The van der Waals surface area contributed by atoms with Crippen LogP contribution < -0.4 is 4.90 Å². The van der Waals surface area contributed by atoms with Gasteiger partial charge in [-0.1, -0.05) is 152 Å². The van der Waals surface area contributed by atoms with Crippen LogP contribution in [-0.2, 0) is 0 Å². The molecule has 0 N–H and O–H groups in total. The lowest BCUT2D eigenvalue weighted by Crippen LogP contribution is -2.09. The number of anilines is 3. The Hall–Kier alpha value is -8.40. The molecule has 0 amide bonds. The maximum atomic E-state index is 6.56. The van der Waals surface area contributed by atoms with Crippen LogP contribution in [-0.4, -0.2) is 4.57 Å². The smallest absolute Gasteiger partial charge is 0.143 e. The van der Waals surface area contributed by atoms with E-state index in [4.69, 9.17) is 4.42 Å². The molecule has 2 aromatic heterocycles. The number of aromatic nitrogens is 1. The third-order valence-electron chi connectivity index (χ3n) is 13.0. The molecule has 0 saturated heterocycles. The maximum Gasteiger partial charge on any atom is 0.143 e. The minimum Gasteiger partial charge on any atom is -0.455 e. The second kappa shape index (κ2) is 14.1. The zero-order valence-electron chi connectivity index (χ0n) is 34.2. The predicted octanol–water partition coefficient (Wildman–Crippen LogP) is 16.9. The van der Waals surface area contributed by atoms with Gasteiger partial charge in [0.05, 0.1) is 11.0 Å². The summed E-state index contributed by atoms with van der Waals surface area (Å²) < 4.78 is 8.94. The minimum atomic E-state index is 0.897. The Kier molecular flexibility index (Phi) is 7.91. The Morgan fingerprint density at radius 3 is 1.52 bits per heavy atom. The molecule has 0 unspecified atom stereocenters. The van der Waals surface area contributed by atoms with E-state index in [0.717, 1.165) is 66.8 Å². The molecule has 0 spiro atoms. The van der Waals surface area contributed by atoms with Crippen molar-refractivity contribution in [3.63, 3.8) is 0 Å². The van der Waals surface area contributed by atoms with E-state index in [2.05, 4.69) is 240 Å². The van der Waals surface area contributed by atoms with Crippen LogP contribution in [0.2, 0.25) is 0 Å². The monoisotopic (exact) mass is 802 g/mol. The van der Waals surface area contributed by atoms with Crippen LogP contribution in [0.5, 0.6) is 0 Å². The first kappa shape index (κ1) is 35.4. The largest absolute Gasteiger partial charge is 0.455 e. The number of nitrogens with zero attached hydrogens (tertiary/aromatic N) is 2. The van der Waals surface area contributed by atoms with E-state index < -0.39 is 0 Å². The van der Waals surface area contributed by atoms with Gasteiger partial charge >= 0.3 is 0 Å². The molecular weight excluding hydrogens is 765 g/mol. The molecule has 63 heavy (non-hydrogen) atoms. The lowest BCUT2D eigenvalue weighted by Gasteiger charge is -2.26. The highest BCUT2D eigenvalue weighted by atomic mass is 16.3. The van der Waals surface area contributed by atoms with Crippen molar-refractivity contribution >= 4 is 93.1 Å². The van der Waals surface area contributed by atoms with Crippen molar-refractivity contribution in [2.75, 3.05) is 4.90 Å². The summed E-state index contributed by atoms with van der Waals surface area (Å²) in [5.74, 6) is 0. The van der Waals surface area contributed by atoms with Gasteiger partial charge in [0, 0.05) is 49.7 Å². The van der Waals surface area contributed by atoms with Crippen molar-refractivity contribution in [2.45, 2.75) is 0 Å². The number of furan rings is 1. The molecule has 0 bridgehead atoms. The van der Waals surface area contributed by atoms with Crippen molar-refractivity contribution in [1.82, 2.24) is 4.57 Å². The second-order valence-electron chi connectivity index (χ2n) is 16.5. The van der Waals surface area contributed by atoms with Gasteiger partial charge in [0.1, 0.15) is 11.2 Å². The number of hydrogen-bond donors (Lipinski definition) is 0. The highest BCUT2D eigenvalue weighted by Gasteiger charge is 2.17. The van der Waals surface area contributed by atoms with Crippen LogP contribution >= 0.6 is 0 Å². The van der Waals surface area contributed by atoms with E-state index in [9.17, 15) is 0 Å². The van der Waals surface area contributed by atoms with Crippen LogP contribution in [0, 0.1) is 0 Å². The summed E-state index contributed by atoms with van der Waals surface area (Å²) >= 11 is 0. The molecule has 2 heterocycles. The van der Waals surface area contributed by atoms with Gasteiger partial charge in [0.25, 0.3) is 0 Å². The second-order valence-corrected chi connectivity index (χ2v) is 16.5. The number of benzene rings is 11. The lowest BCUT2D eigenvalue weighted by molar-refractivity contribution is 0.673. The summed E-state index contributed by atoms with van der Waals surface area (Å²) in [6, 6.07) is 83.5. The van der Waals surface area contributed by atoms with Crippen LogP contribution in [0.4, 0.5) is 17.1 Å². The van der Waals surface area contributed by atoms with Crippen LogP contribution in [0.3, 0.4) is 0 Å². The molecular formula is C60H38N2O. The highest BCUT2D eigenvalue weighted by molar-refractivity contribution is 6.15. The van der Waals surface area contributed by atoms with Gasteiger partial charge in [0.2, 0.25) is 0 Å². The summed E-state index contributed by atoms with van der Waals surface area (Å²) in [6.07, 6.45) is 0. The Bertz CT molecular complexity index is 3860. The molecule has 0 fully saturated rings. The van der Waals surface area contributed by atoms with Crippen LogP contribution in [0.15, 0.2) is 235 Å². The first-order chi connectivity index (χ1) is 31.2. The summed E-state index contributed by atoms with van der Waals surface area (Å²) in [5.41, 5.74) is 13.3. The van der Waals surface area contributed by atoms with E-state index >= 15 is 0 Å². The Morgan fingerprint density at radius 2 is 0.810 bits per heavy atom. The topological polar surface area (TPSA) is 21.3 Å². The third kappa shape index (κ3) is 5.75. The van der Waals surface area contributed by atoms with Crippen molar-refractivity contribution in [3.05, 3.63) is 231 Å². The van der Waals surface area contributed by atoms with Crippen LogP contribution in [0.25, 0.3) is 104 Å². The molecule has 294 valence electrons. The Morgan fingerprint density at radius 1 is 0.302 bits per heavy atom. The number of para-hydroxylation sites is 2. The summed E-state index contributed by atoms with van der Waals surface area (Å²) in [6.45, 7) is 0. The number of fused-ring (bicyclic) bond motifs is 11. The van der Waals surface area contributed by atoms with E-state index in [1.807, 2.05) is 0 Å². The van der Waals surface area contributed by atoms with Crippen molar-refractivity contribution in [2.24, 2.45) is 0 Å². The van der Waals surface area contributed by atoms with Crippen molar-refractivity contribution < 1.29 is 4.42 Å². The fourth-order valence-electron chi connectivity index (χ4n) is 9.90. The first-order valence-electron chi connectivity index (χ1n) is 21.6. The molecule has 0 saturated carbocycles. The first-order valence-corrected chi connectivity index (χ1v) is 21.6. The van der Waals surface area contributed by atoms with Crippen LogP contribution in [0.1, 0.15) is 0 Å². The molecule has 3 heteroatoms. The molecule has 0 aliphatic carbocycles. The summed E-state index contributed by atoms with van der Waals surface area (Å²) in [5, 5.41) is 12.1. The molecule has 13 aromatic rings. The van der Waals surface area contributed by atoms with Gasteiger partial charge < -0.3 is 13.9 Å². The van der Waals surface area contributed by atoms with E-state index in [0.29, 0.717) is 0 Å². The number of hydrogen-bond acceptors (Lipinski definition) is 2. The molecule has 0 aliphatic rings. The molecule has 0 aliphatic heterocycles. The summed E-state index contributed by atoms with van der Waals surface area (Å²) in [4.78, 5) is 2.37. The molecule has 13 rings (SSSR count). The summed E-state index contributed by atoms with van der Waals surface area (Å²) in [7, 11) is 0.